The van der Waals surface area contributed by atoms with Crippen LogP contribution < -0.4 is 5.73 Å². The molecular formula is C19H39NO5. The first-order valence-electron chi connectivity index (χ1n) is 9.89. The molecule has 6 nitrogen and oxygen atoms in total. The SMILES string of the molecule is CCCCCCCCCCCCOC(O)(CCO)C(CCO)C(N)=O. The number of hydrogen-bond donors (Lipinski definition) is 4. The van der Waals surface area contributed by atoms with Crippen LogP contribution in [-0.4, -0.2) is 46.8 Å². The minimum absolute atomic E-state index is 0.0177. The summed E-state index contributed by atoms with van der Waals surface area (Å²) in [5.41, 5.74) is 5.30. The molecule has 0 saturated heterocycles. The molecule has 0 radical (unpaired) electrons. The van der Waals surface area contributed by atoms with Crippen LogP contribution in [-0.2, 0) is 9.53 Å². The lowest BCUT2D eigenvalue weighted by atomic mass is 9.92. The summed E-state index contributed by atoms with van der Waals surface area (Å²) in [6, 6.07) is 0. The number of nitrogens with two attached hydrogens (primary N) is 1. The summed E-state index contributed by atoms with van der Waals surface area (Å²) >= 11 is 0. The van der Waals surface area contributed by atoms with Crippen LogP contribution in [0.15, 0.2) is 0 Å². The molecule has 0 fully saturated rings. The Morgan fingerprint density at radius 2 is 1.48 bits per heavy atom. The lowest BCUT2D eigenvalue weighted by molar-refractivity contribution is -0.242. The smallest absolute Gasteiger partial charge is 0.226 e. The largest absolute Gasteiger partial charge is 0.396 e. The Balaban J connectivity index is 3.94. The highest BCUT2D eigenvalue weighted by molar-refractivity contribution is 5.77. The number of ether oxygens (including phenoxy) is 1. The molecule has 0 bridgehead atoms. The number of hydrogen-bond acceptors (Lipinski definition) is 5. The number of primary amides is 1. The van der Waals surface area contributed by atoms with Gasteiger partial charge in [-0.25, -0.2) is 0 Å². The van der Waals surface area contributed by atoms with Crippen LogP contribution in [0.1, 0.15) is 84.0 Å². The van der Waals surface area contributed by atoms with Gasteiger partial charge in [-0.3, -0.25) is 4.79 Å². The van der Waals surface area contributed by atoms with Gasteiger partial charge in [0.05, 0.1) is 12.5 Å². The van der Waals surface area contributed by atoms with Gasteiger partial charge >= 0.3 is 0 Å². The third kappa shape index (κ3) is 11.5. The Bertz CT molecular complexity index is 327. The number of rotatable bonds is 18. The molecular weight excluding hydrogens is 322 g/mol. The fourth-order valence-electron chi connectivity index (χ4n) is 3.06. The molecule has 2 unspecified atom stereocenters. The van der Waals surface area contributed by atoms with Crippen molar-refractivity contribution < 1.29 is 24.9 Å². The Hall–Kier alpha value is -0.690. The summed E-state index contributed by atoms with van der Waals surface area (Å²) in [5, 5.41) is 28.7. The van der Waals surface area contributed by atoms with E-state index in [9.17, 15) is 9.90 Å². The number of carbonyl (C=O) groups excluding carboxylic acids is 1. The molecule has 5 N–H and O–H groups in total. The summed E-state index contributed by atoms with van der Waals surface area (Å²) in [6.45, 7) is 1.94. The average molecular weight is 362 g/mol. The lowest BCUT2D eigenvalue weighted by Gasteiger charge is -2.33. The first kappa shape index (κ1) is 24.3. The second kappa shape index (κ2) is 15.6. The van der Waals surface area contributed by atoms with Gasteiger partial charge in [-0.15, -0.1) is 0 Å². The Labute approximate surface area is 152 Å². The van der Waals surface area contributed by atoms with Crippen molar-refractivity contribution in [2.24, 2.45) is 11.7 Å². The highest BCUT2D eigenvalue weighted by Crippen LogP contribution is 2.26. The molecule has 2 atom stereocenters. The summed E-state index contributed by atoms with van der Waals surface area (Å²) in [5.74, 6) is -3.55. The van der Waals surface area contributed by atoms with Crippen molar-refractivity contribution in [1.29, 1.82) is 0 Å². The summed E-state index contributed by atoms with van der Waals surface area (Å²) in [7, 11) is 0. The standard InChI is InChI=1S/C19H39NO5/c1-2-3-4-5-6-7-8-9-10-11-16-25-19(24,13-15-22)17(12-14-21)18(20)23/h17,21-22,24H,2-16H2,1H3,(H2,20,23). The van der Waals surface area contributed by atoms with E-state index in [0.717, 1.165) is 19.3 Å². The van der Waals surface area contributed by atoms with Crippen molar-refractivity contribution in [3.05, 3.63) is 0 Å². The maximum atomic E-state index is 11.5. The Kier molecular flexibility index (Phi) is 15.1. The van der Waals surface area contributed by atoms with E-state index in [1.165, 1.54) is 44.9 Å². The van der Waals surface area contributed by atoms with Crippen LogP contribution >= 0.6 is 0 Å². The van der Waals surface area contributed by atoms with Gasteiger partial charge in [-0.1, -0.05) is 64.7 Å². The van der Waals surface area contributed by atoms with E-state index in [1.807, 2.05) is 0 Å². The van der Waals surface area contributed by atoms with Crippen LogP contribution in [0, 0.1) is 5.92 Å². The van der Waals surface area contributed by atoms with Gasteiger partial charge in [0.1, 0.15) is 0 Å². The van der Waals surface area contributed by atoms with Crippen LogP contribution in [0.2, 0.25) is 0 Å². The number of unbranched alkanes of at least 4 members (excludes halogenated alkanes) is 9. The molecule has 25 heavy (non-hydrogen) atoms. The van der Waals surface area contributed by atoms with Crippen LogP contribution in [0.25, 0.3) is 0 Å². The number of aliphatic hydroxyl groups is 3. The van der Waals surface area contributed by atoms with E-state index in [2.05, 4.69) is 6.92 Å². The number of amides is 1. The predicted octanol–water partition coefficient (Wildman–Crippen LogP) is 2.48. The van der Waals surface area contributed by atoms with E-state index in [4.69, 9.17) is 20.7 Å². The monoisotopic (exact) mass is 361 g/mol. The fraction of sp³-hybridized carbons (Fsp3) is 0.947. The van der Waals surface area contributed by atoms with E-state index >= 15 is 0 Å². The molecule has 150 valence electrons. The van der Waals surface area contributed by atoms with Crippen molar-refractivity contribution in [2.45, 2.75) is 89.8 Å². The highest BCUT2D eigenvalue weighted by Gasteiger charge is 2.40. The van der Waals surface area contributed by atoms with Crippen molar-refractivity contribution >= 4 is 5.91 Å². The molecule has 0 aliphatic rings. The van der Waals surface area contributed by atoms with Gasteiger partial charge < -0.3 is 25.8 Å². The molecule has 0 aromatic rings. The third-order valence-electron chi connectivity index (χ3n) is 4.63. The number of carbonyl (C=O) groups is 1. The van der Waals surface area contributed by atoms with E-state index < -0.39 is 17.6 Å². The normalized spacial score (nSPS) is 15.0. The van der Waals surface area contributed by atoms with Crippen LogP contribution in [0.4, 0.5) is 0 Å². The van der Waals surface area contributed by atoms with Crippen LogP contribution in [0.5, 0.6) is 0 Å². The van der Waals surface area contributed by atoms with Gasteiger partial charge in [0, 0.05) is 19.6 Å². The molecule has 0 rings (SSSR count). The second-order valence-electron chi connectivity index (χ2n) is 6.82. The summed E-state index contributed by atoms with van der Waals surface area (Å²) in [4.78, 5) is 11.5. The fourth-order valence-corrected chi connectivity index (χ4v) is 3.06. The van der Waals surface area contributed by atoms with E-state index in [-0.39, 0.29) is 26.1 Å². The van der Waals surface area contributed by atoms with Crippen molar-refractivity contribution in [1.82, 2.24) is 0 Å². The van der Waals surface area contributed by atoms with Gasteiger partial charge in [-0.05, 0) is 12.8 Å². The molecule has 1 amide bonds. The maximum Gasteiger partial charge on any atom is 0.226 e. The summed E-state index contributed by atoms with van der Waals surface area (Å²) in [6.07, 6.45) is 11.9. The molecule has 0 aliphatic carbocycles. The Morgan fingerprint density at radius 3 is 1.92 bits per heavy atom. The molecule has 0 saturated carbocycles. The zero-order chi connectivity index (χ0) is 19.0. The van der Waals surface area contributed by atoms with Gasteiger partial charge in [0.15, 0.2) is 5.79 Å². The molecule has 0 aliphatic heterocycles. The van der Waals surface area contributed by atoms with Crippen molar-refractivity contribution in [3.63, 3.8) is 0 Å². The van der Waals surface area contributed by atoms with Gasteiger partial charge in [0.25, 0.3) is 0 Å². The minimum atomic E-state index is -1.80. The zero-order valence-corrected chi connectivity index (χ0v) is 15.9. The highest BCUT2D eigenvalue weighted by atomic mass is 16.6. The van der Waals surface area contributed by atoms with Crippen LogP contribution in [0.3, 0.4) is 0 Å². The lowest BCUT2D eigenvalue weighted by Crippen LogP contribution is -2.48. The first-order chi connectivity index (χ1) is 12.0. The molecule has 0 spiro atoms. The zero-order valence-electron chi connectivity index (χ0n) is 15.9. The topological polar surface area (TPSA) is 113 Å². The first-order valence-corrected chi connectivity index (χ1v) is 9.89. The van der Waals surface area contributed by atoms with Gasteiger partial charge in [0.2, 0.25) is 5.91 Å². The molecule has 0 aromatic carbocycles. The van der Waals surface area contributed by atoms with Crippen molar-refractivity contribution in [2.75, 3.05) is 19.8 Å². The van der Waals surface area contributed by atoms with Gasteiger partial charge in [-0.2, -0.15) is 0 Å². The summed E-state index contributed by atoms with van der Waals surface area (Å²) < 4.78 is 5.50. The predicted molar refractivity (Wildman–Crippen MR) is 98.8 cm³/mol. The third-order valence-corrected chi connectivity index (χ3v) is 4.63. The average Bonchev–Trinajstić information content (AvgIpc) is 2.57. The molecule has 0 aromatic heterocycles. The van der Waals surface area contributed by atoms with E-state index in [1.54, 1.807) is 0 Å². The molecule has 0 heterocycles. The quantitative estimate of drug-likeness (QED) is 0.221. The number of aliphatic hydroxyl groups excluding tert-OH is 2. The second-order valence-corrected chi connectivity index (χ2v) is 6.82. The van der Waals surface area contributed by atoms with E-state index in [0.29, 0.717) is 6.61 Å². The maximum absolute atomic E-state index is 11.5. The molecule has 6 heteroatoms. The van der Waals surface area contributed by atoms with Crippen molar-refractivity contribution in [3.8, 4) is 0 Å². The minimum Gasteiger partial charge on any atom is -0.396 e. The Morgan fingerprint density at radius 1 is 0.960 bits per heavy atom.